The molecule has 8 heteroatoms. The molecule has 0 aliphatic carbocycles. The van der Waals surface area contributed by atoms with Gasteiger partial charge in [0.15, 0.2) is 0 Å². The van der Waals surface area contributed by atoms with Crippen LogP contribution in [0.3, 0.4) is 0 Å². The van der Waals surface area contributed by atoms with E-state index < -0.39 is 35.2 Å². The fourth-order valence-corrected chi connectivity index (χ4v) is 1.29. The van der Waals surface area contributed by atoms with Crippen LogP contribution in [0.25, 0.3) is 0 Å². The van der Waals surface area contributed by atoms with E-state index in [0.717, 1.165) is 18.2 Å². The Kier molecular flexibility index (Phi) is 5.12. The molecule has 0 aliphatic rings. The number of carboxylic acid groups (broad SMARTS) is 1. The number of benzene rings is 1. The predicted octanol–water partition coefficient (Wildman–Crippen LogP) is 2.03. The quantitative estimate of drug-likeness (QED) is 0.744. The number of rotatable bonds is 3. The molecule has 0 aromatic heterocycles. The second-order valence-electron chi connectivity index (χ2n) is 4.06. The van der Waals surface area contributed by atoms with Gasteiger partial charge in [0.2, 0.25) is 0 Å². The van der Waals surface area contributed by atoms with Crippen molar-refractivity contribution in [1.29, 1.82) is 0 Å². The highest BCUT2D eigenvalue weighted by Crippen LogP contribution is 2.17. The monoisotopic (exact) mass is 298 g/mol. The number of hydrogen-bond acceptors (Lipinski definition) is 3. The van der Waals surface area contributed by atoms with Gasteiger partial charge in [-0.25, -0.2) is 18.4 Å². The molecule has 6 nitrogen and oxygen atoms in total. The van der Waals surface area contributed by atoms with Crippen LogP contribution in [0.4, 0.5) is 19.3 Å². The van der Waals surface area contributed by atoms with E-state index in [2.05, 4.69) is 0 Å². The number of aliphatic carboxylic acids is 1. The van der Waals surface area contributed by atoms with Crippen LogP contribution in [0.5, 0.6) is 0 Å². The van der Waals surface area contributed by atoms with Crippen molar-refractivity contribution < 1.29 is 28.3 Å². The Bertz CT molecular complexity index is 621. The fraction of sp³-hybridized carbons (Fsp3) is 0.154. The minimum absolute atomic E-state index is 0.202. The van der Waals surface area contributed by atoms with Crippen LogP contribution in [0.2, 0.25) is 0 Å². The topological polar surface area (TPSA) is 95.5 Å². The third-order valence-electron chi connectivity index (χ3n) is 2.65. The average Bonchev–Trinajstić information content (AvgIpc) is 2.41. The van der Waals surface area contributed by atoms with E-state index >= 15 is 0 Å². The minimum atomic E-state index is -1.32. The lowest BCUT2D eigenvalue weighted by molar-refractivity contribution is -0.133. The van der Waals surface area contributed by atoms with E-state index in [0.29, 0.717) is 0 Å². The summed E-state index contributed by atoms with van der Waals surface area (Å²) in [4.78, 5) is 33.7. The molecule has 21 heavy (non-hydrogen) atoms. The maximum Gasteiger partial charge on any atom is 0.331 e. The summed E-state index contributed by atoms with van der Waals surface area (Å²) < 4.78 is 26.6. The second-order valence-corrected chi connectivity index (χ2v) is 4.06. The van der Waals surface area contributed by atoms with Crippen molar-refractivity contribution in [3.63, 3.8) is 0 Å². The van der Waals surface area contributed by atoms with Crippen LogP contribution in [-0.4, -0.2) is 23.0 Å². The van der Waals surface area contributed by atoms with Crippen molar-refractivity contribution in [3.8, 4) is 0 Å². The molecule has 3 amide bonds. The number of carbonyl (C=O) groups excluding carboxylic acids is 2. The summed E-state index contributed by atoms with van der Waals surface area (Å²) >= 11 is 0. The number of para-hydroxylation sites is 1. The Morgan fingerprint density at radius 2 is 1.57 bits per heavy atom. The molecule has 0 spiro atoms. The fourth-order valence-electron chi connectivity index (χ4n) is 1.29. The highest BCUT2D eigenvalue weighted by molar-refractivity contribution is 6.10. The normalized spacial score (nSPS) is 11.4. The van der Waals surface area contributed by atoms with Gasteiger partial charge >= 0.3 is 12.0 Å². The number of anilines is 1. The molecule has 0 bridgehead atoms. The van der Waals surface area contributed by atoms with Crippen molar-refractivity contribution in [2.24, 2.45) is 0 Å². The van der Waals surface area contributed by atoms with Crippen LogP contribution >= 0.6 is 0 Å². The molecule has 0 fully saturated rings. The Morgan fingerprint density at radius 3 is 2.05 bits per heavy atom. The molecular weight excluding hydrogens is 286 g/mol. The lowest BCUT2D eigenvalue weighted by Crippen LogP contribution is -2.36. The summed E-state index contributed by atoms with van der Waals surface area (Å²) in [6, 6.07) is 1.80. The first-order valence-corrected chi connectivity index (χ1v) is 5.71. The zero-order valence-electron chi connectivity index (χ0n) is 11.2. The maximum atomic E-state index is 13.3. The third-order valence-corrected chi connectivity index (χ3v) is 2.65. The van der Waals surface area contributed by atoms with Gasteiger partial charge in [0.25, 0.3) is 5.91 Å². The van der Waals surface area contributed by atoms with Gasteiger partial charge in [0, 0.05) is 11.1 Å². The molecule has 0 saturated heterocycles. The molecule has 0 radical (unpaired) electrons. The van der Waals surface area contributed by atoms with Gasteiger partial charge in [-0.05, 0) is 26.0 Å². The minimum Gasteiger partial charge on any atom is -0.478 e. The van der Waals surface area contributed by atoms with Crippen molar-refractivity contribution in [2.45, 2.75) is 13.8 Å². The molecule has 0 saturated carbocycles. The van der Waals surface area contributed by atoms with E-state index in [-0.39, 0.29) is 11.1 Å². The molecule has 3 N–H and O–H groups in total. The first kappa shape index (κ1) is 16.3. The standard InChI is InChI=1S/C13H12F2N2O4/c1-6(7(2)12(19)20)11(18)17-13(21)16-10-8(14)4-3-5-9(10)15/h3-5H,1-2H3,(H,19,20)(H2,16,17,18,21). The molecular formula is C13H12F2N2O4. The van der Waals surface area contributed by atoms with Crippen molar-refractivity contribution in [3.05, 3.63) is 41.0 Å². The smallest absolute Gasteiger partial charge is 0.331 e. The van der Waals surface area contributed by atoms with Gasteiger partial charge in [-0.2, -0.15) is 0 Å². The van der Waals surface area contributed by atoms with Crippen LogP contribution in [0.1, 0.15) is 13.8 Å². The first-order chi connectivity index (χ1) is 9.73. The Morgan fingerprint density at radius 1 is 1.05 bits per heavy atom. The van der Waals surface area contributed by atoms with Crippen LogP contribution in [-0.2, 0) is 9.59 Å². The van der Waals surface area contributed by atoms with Gasteiger partial charge < -0.3 is 10.4 Å². The van der Waals surface area contributed by atoms with Gasteiger partial charge in [0.1, 0.15) is 17.3 Å². The van der Waals surface area contributed by atoms with E-state index in [4.69, 9.17) is 5.11 Å². The van der Waals surface area contributed by atoms with E-state index in [1.165, 1.54) is 13.8 Å². The first-order valence-electron chi connectivity index (χ1n) is 5.71. The van der Waals surface area contributed by atoms with Crippen LogP contribution in [0, 0.1) is 11.6 Å². The number of carbonyl (C=O) groups is 3. The summed E-state index contributed by atoms with van der Waals surface area (Å²) in [5.74, 6) is -4.31. The Balaban J connectivity index is 2.82. The number of amides is 3. The SMILES string of the molecule is CC(C(=O)O)=C(C)C(=O)NC(=O)Nc1c(F)cccc1F. The lowest BCUT2D eigenvalue weighted by atomic mass is 10.1. The number of imide groups is 1. The molecule has 0 heterocycles. The molecule has 0 aliphatic heterocycles. The summed E-state index contributed by atoms with van der Waals surface area (Å²) in [6.45, 7) is 2.39. The maximum absolute atomic E-state index is 13.3. The van der Waals surface area contributed by atoms with Gasteiger partial charge in [-0.3, -0.25) is 10.1 Å². The van der Waals surface area contributed by atoms with Gasteiger partial charge in [-0.15, -0.1) is 0 Å². The van der Waals surface area contributed by atoms with Crippen molar-refractivity contribution in [2.75, 3.05) is 5.32 Å². The van der Waals surface area contributed by atoms with E-state index in [1.54, 1.807) is 5.32 Å². The summed E-state index contributed by atoms with van der Waals surface area (Å²) in [5, 5.41) is 12.3. The molecule has 0 atom stereocenters. The van der Waals surface area contributed by atoms with Gasteiger partial charge in [0.05, 0.1) is 0 Å². The number of urea groups is 1. The summed E-state index contributed by atoms with van der Waals surface area (Å²) in [7, 11) is 0. The number of hydrogen-bond donors (Lipinski definition) is 3. The zero-order chi connectivity index (χ0) is 16.2. The van der Waals surface area contributed by atoms with Crippen molar-refractivity contribution >= 4 is 23.6 Å². The van der Waals surface area contributed by atoms with Gasteiger partial charge in [-0.1, -0.05) is 6.07 Å². The Labute approximate surface area is 118 Å². The van der Waals surface area contributed by atoms with Crippen molar-refractivity contribution in [1.82, 2.24) is 5.32 Å². The summed E-state index contributed by atoms with van der Waals surface area (Å²) in [5.41, 5.74) is -1.16. The third kappa shape index (κ3) is 4.10. The zero-order valence-corrected chi connectivity index (χ0v) is 11.2. The van der Waals surface area contributed by atoms with Crippen LogP contribution in [0.15, 0.2) is 29.3 Å². The highest BCUT2D eigenvalue weighted by atomic mass is 19.1. The van der Waals surface area contributed by atoms with Crippen LogP contribution < -0.4 is 10.6 Å². The number of nitrogens with one attached hydrogen (secondary N) is 2. The predicted molar refractivity (Wildman–Crippen MR) is 69.5 cm³/mol. The second kappa shape index (κ2) is 6.60. The van der Waals surface area contributed by atoms with E-state index in [9.17, 15) is 23.2 Å². The molecule has 1 aromatic rings. The highest BCUT2D eigenvalue weighted by Gasteiger charge is 2.17. The molecule has 0 unspecified atom stereocenters. The number of carboxylic acids is 1. The van der Waals surface area contributed by atoms with E-state index in [1.807, 2.05) is 5.32 Å². The largest absolute Gasteiger partial charge is 0.478 e. The number of halogens is 2. The summed E-state index contributed by atoms with van der Waals surface area (Å²) in [6.07, 6.45) is 0. The molecule has 1 aromatic carbocycles. The molecule has 1 rings (SSSR count). The Hall–Kier alpha value is -2.77. The average molecular weight is 298 g/mol. The molecule has 112 valence electrons. The lowest BCUT2D eigenvalue weighted by Gasteiger charge is -2.09.